The Hall–Kier alpha value is -5.45. The van der Waals surface area contributed by atoms with Crippen LogP contribution in [0.1, 0.15) is 0 Å². The molecule has 228 valence electrons. The van der Waals surface area contributed by atoms with Gasteiger partial charge >= 0.3 is 7.12 Å². The second kappa shape index (κ2) is 19.0. The van der Waals surface area contributed by atoms with Gasteiger partial charge in [0.05, 0.1) is 14.2 Å². The van der Waals surface area contributed by atoms with Crippen molar-refractivity contribution in [1.29, 1.82) is 0 Å². The third-order valence-electron chi connectivity index (χ3n) is 5.18. The lowest BCUT2D eigenvalue weighted by molar-refractivity contribution is 0.397. The highest BCUT2D eigenvalue weighted by Gasteiger charge is 2.10. The molecule has 45 heavy (non-hydrogen) atoms. The third kappa shape index (κ3) is 12.4. The minimum absolute atomic E-state index is 0.125. The van der Waals surface area contributed by atoms with Gasteiger partial charge in [0.1, 0.15) is 0 Å². The topological polar surface area (TPSA) is 195 Å². The Morgan fingerprint density at radius 2 is 1.13 bits per heavy atom. The molecule has 0 fully saturated rings. The van der Waals surface area contributed by atoms with E-state index in [1.54, 1.807) is 93.1 Å². The lowest BCUT2D eigenvalue weighted by Crippen LogP contribution is -2.29. The Labute approximate surface area is 266 Å². The van der Waals surface area contributed by atoms with Crippen molar-refractivity contribution in [3.8, 4) is 34.5 Å². The van der Waals surface area contributed by atoms with E-state index >= 15 is 0 Å². The molecule has 6 rings (SSSR count). The number of pyridine rings is 3. The maximum absolute atomic E-state index is 10.8. The van der Waals surface area contributed by atoms with Crippen molar-refractivity contribution in [3.63, 3.8) is 0 Å². The number of aromatic nitrogens is 9. The van der Waals surface area contributed by atoms with E-state index in [-0.39, 0.29) is 5.56 Å². The maximum atomic E-state index is 10.8. The second-order valence-electron chi connectivity index (χ2n) is 8.20. The fourth-order valence-electron chi connectivity index (χ4n) is 3.03. The van der Waals surface area contributed by atoms with Gasteiger partial charge in [0.25, 0.3) is 0 Å². The number of methoxy groups -OCH3 is 2. The number of nitrogens with zero attached hydrogens (tertiary/aromatic N) is 8. The lowest BCUT2D eigenvalue weighted by atomic mass is 9.82. The first-order valence-electron chi connectivity index (χ1n) is 12.9. The number of hydrogen-bond donors (Lipinski definition) is 3. The molecule has 0 atom stereocenters. The van der Waals surface area contributed by atoms with Crippen molar-refractivity contribution in [2.75, 3.05) is 14.2 Å². The molecule has 0 unspecified atom stereocenters. The average Bonchev–Trinajstić information content (AvgIpc) is 3.10. The van der Waals surface area contributed by atoms with Crippen LogP contribution < -0.4 is 20.5 Å². The van der Waals surface area contributed by atoms with Crippen LogP contribution in [0.15, 0.2) is 120 Å². The molecule has 0 saturated heterocycles. The normalized spacial score (nSPS) is 9.53. The van der Waals surface area contributed by atoms with E-state index in [0.29, 0.717) is 33.6 Å². The molecule has 0 spiro atoms. The Bertz CT molecular complexity index is 1700. The molecule has 16 heteroatoms. The van der Waals surface area contributed by atoms with Crippen molar-refractivity contribution >= 4 is 28.5 Å². The van der Waals surface area contributed by atoms with Gasteiger partial charge in [0.15, 0.2) is 16.4 Å². The Balaban J connectivity index is 0.000000168. The molecule has 6 heterocycles. The van der Waals surface area contributed by atoms with Crippen LogP contribution in [-0.2, 0) is 0 Å². The van der Waals surface area contributed by atoms with Gasteiger partial charge in [-0.2, -0.15) is 0 Å². The van der Waals surface area contributed by atoms with Crippen LogP contribution in [-0.4, -0.2) is 76.2 Å². The zero-order valence-corrected chi connectivity index (χ0v) is 25.6. The molecule has 0 aliphatic carbocycles. The van der Waals surface area contributed by atoms with Crippen LogP contribution in [0.4, 0.5) is 0 Å². The third-order valence-corrected chi connectivity index (χ3v) is 5.59. The predicted molar refractivity (Wildman–Crippen MR) is 170 cm³/mol. The highest BCUT2D eigenvalue weighted by Crippen LogP contribution is 2.15. The van der Waals surface area contributed by atoms with E-state index in [4.69, 9.17) is 19.5 Å². The molecular formula is C29H27BBrN9O5. The maximum Gasteiger partial charge on any atom is 0.490 e. The molecule has 0 aliphatic heterocycles. The second-order valence-corrected chi connectivity index (χ2v) is 8.91. The van der Waals surface area contributed by atoms with Gasteiger partial charge in [-0.1, -0.05) is 6.07 Å². The Kier molecular flexibility index (Phi) is 14.3. The summed E-state index contributed by atoms with van der Waals surface area (Å²) in [5.74, 6) is 2.32. The Morgan fingerprint density at radius 3 is 1.51 bits per heavy atom. The molecule has 0 radical (unpaired) electrons. The van der Waals surface area contributed by atoms with E-state index in [1.807, 2.05) is 6.07 Å². The number of rotatable bonds is 5. The van der Waals surface area contributed by atoms with Crippen molar-refractivity contribution in [2.45, 2.75) is 0 Å². The quantitative estimate of drug-likeness (QED) is 0.179. The molecule has 0 amide bonds. The van der Waals surface area contributed by atoms with Crippen LogP contribution in [0.5, 0.6) is 11.8 Å². The van der Waals surface area contributed by atoms with Gasteiger partial charge in [-0.05, 0) is 52.3 Å². The van der Waals surface area contributed by atoms with Crippen LogP contribution in [0, 0.1) is 0 Å². The van der Waals surface area contributed by atoms with Gasteiger partial charge in [0.2, 0.25) is 17.3 Å². The summed E-state index contributed by atoms with van der Waals surface area (Å²) in [7, 11) is 1.62. The molecule has 0 saturated carbocycles. The van der Waals surface area contributed by atoms with Crippen molar-refractivity contribution < 1.29 is 19.5 Å². The number of H-pyrrole nitrogens is 1. The molecule has 0 aliphatic rings. The summed E-state index contributed by atoms with van der Waals surface area (Å²) in [6.07, 6.45) is 14.7. The van der Waals surface area contributed by atoms with Gasteiger partial charge in [0, 0.05) is 84.5 Å². The van der Waals surface area contributed by atoms with Gasteiger partial charge in [-0.15, -0.1) is 0 Å². The summed E-state index contributed by atoms with van der Waals surface area (Å²) in [6, 6.07) is 15.2. The minimum atomic E-state index is -1.46. The minimum Gasteiger partial charge on any atom is -0.481 e. The zero-order chi connectivity index (χ0) is 32.3. The standard InChI is InChI=1S/C10H9N3O.C9H7N3O.C6H8BNO3.C4H3BrN2/c1-14-9-4-3-8(7-13-9)10-11-5-2-6-12-10;13-8-3-2-7(6-12-8)9-10-4-1-5-11-9;1-11-6-3-2-5(4-8-6)7(9)10;5-4-6-2-1-3-7-4/h2-7H,1H3;1-6H,(H,12,13);2-4,9-10H,1H3;1-3H. The number of nitrogens with one attached hydrogen (secondary N) is 1. The Morgan fingerprint density at radius 1 is 0.644 bits per heavy atom. The smallest absolute Gasteiger partial charge is 0.481 e. The predicted octanol–water partition coefficient (Wildman–Crippen LogP) is 2.39. The van der Waals surface area contributed by atoms with Gasteiger partial charge in [-0.25, -0.2) is 39.9 Å². The summed E-state index contributed by atoms with van der Waals surface area (Å²) >= 11 is 3.09. The average molecular weight is 672 g/mol. The molecule has 0 aromatic carbocycles. The number of halogens is 1. The van der Waals surface area contributed by atoms with E-state index in [0.717, 1.165) is 11.1 Å². The molecular weight excluding hydrogens is 645 g/mol. The summed E-state index contributed by atoms with van der Waals surface area (Å²) in [4.78, 5) is 45.1. The highest BCUT2D eigenvalue weighted by molar-refractivity contribution is 9.10. The largest absolute Gasteiger partial charge is 0.490 e. The van der Waals surface area contributed by atoms with E-state index in [2.05, 4.69) is 60.8 Å². The first kappa shape index (κ1) is 34.0. The number of ether oxygens (including phenoxy) is 2. The molecule has 6 aromatic rings. The summed E-state index contributed by atoms with van der Waals surface area (Å²) in [5.41, 5.74) is 1.91. The van der Waals surface area contributed by atoms with E-state index in [1.165, 1.54) is 25.4 Å². The van der Waals surface area contributed by atoms with Crippen LogP contribution in [0.3, 0.4) is 0 Å². The van der Waals surface area contributed by atoms with E-state index in [9.17, 15) is 4.79 Å². The van der Waals surface area contributed by atoms with Crippen LogP contribution in [0.25, 0.3) is 22.8 Å². The number of aromatic amines is 1. The monoisotopic (exact) mass is 671 g/mol. The zero-order valence-electron chi connectivity index (χ0n) is 24.0. The summed E-state index contributed by atoms with van der Waals surface area (Å²) in [6.45, 7) is 0. The molecule has 6 aromatic heterocycles. The van der Waals surface area contributed by atoms with Gasteiger partial charge < -0.3 is 24.5 Å². The summed E-state index contributed by atoms with van der Waals surface area (Å²) in [5, 5.41) is 17.3. The lowest BCUT2D eigenvalue weighted by Gasteiger charge is -2.00. The molecule has 14 nitrogen and oxygen atoms in total. The van der Waals surface area contributed by atoms with Gasteiger partial charge in [-0.3, -0.25) is 4.79 Å². The van der Waals surface area contributed by atoms with Crippen molar-refractivity contribution in [1.82, 2.24) is 44.9 Å². The van der Waals surface area contributed by atoms with Crippen LogP contribution in [0.2, 0.25) is 0 Å². The fourth-order valence-corrected chi connectivity index (χ4v) is 3.26. The molecule has 3 N–H and O–H groups in total. The SMILES string of the molecule is Brc1ncccn1.COc1ccc(-c2ncccn2)cn1.COc1ccc(B(O)O)cn1.O=c1ccc(-c2ncccn2)c[nH]1. The van der Waals surface area contributed by atoms with E-state index < -0.39 is 7.12 Å². The first-order chi connectivity index (χ1) is 21.9. The van der Waals surface area contributed by atoms with Crippen LogP contribution >= 0.6 is 15.9 Å². The van der Waals surface area contributed by atoms with Crippen molar-refractivity contribution in [2.24, 2.45) is 0 Å². The van der Waals surface area contributed by atoms with Crippen molar-refractivity contribution in [3.05, 3.63) is 125 Å². The highest BCUT2D eigenvalue weighted by atomic mass is 79.9. The molecule has 0 bridgehead atoms. The number of hydrogen-bond acceptors (Lipinski definition) is 13. The first-order valence-corrected chi connectivity index (χ1v) is 13.7. The fraction of sp³-hybridized carbons (Fsp3) is 0.0690. The summed E-state index contributed by atoms with van der Waals surface area (Å²) < 4.78 is 10.4.